The molecule has 2 aromatic heterocycles. The lowest BCUT2D eigenvalue weighted by molar-refractivity contribution is 0.0948. The van der Waals surface area contributed by atoms with Gasteiger partial charge in [-0.2, -0.15) is 0 Å². The van der Waals surface area contributed by atoms with Crippen LogP contribution in [0.1, 0.15) is 41.1 Å². The van der Waals surface area contributed by atoms with E-state index in [4.69, 9.17) is 9.72 Å². The van der Waals surface area contributed by atoms with Crippen molar-refractivity contribution in [2.75, 3.05) is 13.2 Å². The van der Waals surface area contributed by atoms with Gasteiger partial charge in [-0.05, 0) is 68.1 Å². The summed E-state index contributed by atoms with van der Waals surface area (Å²) in [7, 11) is 0. The zero-order valence-electron chi connectivity index (χ0n) is 19.0. The van der Waals surface area contributed by atoms with Gasteiger partial charge in [-0.3, -0.25) is 9.78 Å². The van der Waals surface area contributed by atoms with E-state index in [0.717, 1.165) is 54.8 Å². The number of para-hydroxylation sites is 2. The lowest BCUT2D eigenvalue weighted by Crippen LogP contribution is -2.25. The van der Waals surface area contributed by atoms with E-state index in [1.54, 1.807) is 18.3 Å². The largest absolute Gasteiger partial charge is 0.494 e. The van der Waals surface area contributed by atoms with E-state index in [1.807, 2.05) is 24.3 Å². The second-order valence-corrected chi connectivity index (χ2v) is 8.11. The molecule has 170 valence electrons. The molecule has 0 saturated heterocycles. The van der Waals surface area contributed by atoms with Crippen molar-refractivity contribution in [3.8, 4) is 5.75 Å². The fourth-order valence-electron chi connectivity index (χ4n) is 3.87. The van der Waals surface area contributed by atoms with Crippen LogP contribution in [0.25, 0.3) is 11.0 Å². The SMILES string of the molecule is Cc1cccc(OCCCCn2c(CCCNC(=O)c3ccccn3)nc3ccccc32)c1. The molecular weight excluding hydrogens is 412 g/mol. The smallest absolute Gasteiger partial charge is 0.269 e. The lowest BCUT2D eigenvalue weighted by Gasteiger charge is -2.11. The summed E-state index contributed by atoms with van der Waals surface area (Å²) >= 11 is 0. The van der Waals surface area contributed by atoms with Crippen LogP contribution in [0.2, 0.25) is 0 Å². The maximum absolute atomic E-state index is 12.2. The highest BCUT2D eigenvalue weighted by Crippen LogP contribution is 2.18. The van der Waals surface area contributed by atoms with Gasteiger partial charge in [0.25, 0.3) is 5.91 Å². The molecule has 2 heterocycles. The van der Waals surface area contributed by atoms with Crippen molar-refractivity contribution in [3.05, 3.63) is 90.0 Å². The first kappa shape index (κ1) is 22.5. The maximum atomic E-state index is 12.2. The number of aryl methyl sites for hydroxylation is 3. The summed E-state index contributed by atoms with van der Waals surface area (Å²) in [5.74, 6) is 1.84. The minimum Gasteiger partial charge on any atom is -0.494 e. The van der Waals surface area contributed by atoms with E-state index in [2.05, 4.69) is 52.1 Å². The Bertz CT molecular complexity index is 1190. The lowest BCUT2D eigenvalue weighted by atomic mass is 10.2. The molecule has 0 spiro atoms. The van der Waals surface area contributed by atoms with Crippen molar-refractivity contribution in [1.29, 1.82) is 0 Å². The maximum Gasteiger partial charge on any atom is 0.269 e. The van der Waals surface area contributed by atoms with Gasteiger partial charge in [0.2, 0.25) is 0 Å². The van der Waals surface area contributed by atoms with E-state index in [0.29, 0.717) is 18.8 Å². The minimum absolute atomic E-state index is 0.141. The second-order valence-electron chi connectivity index (χ2n) is 8.11. The summed E-state index contributed by atoms with van der Waals surface area (Å²) < 4.78 is 8.20. The summed E-state index contributed by atoms with van der Waals surface area (Å²) in [6.45, 7) is 4.25. The topological polar surface area (TPSA) is 69.0 Å². The third-order valence-corrected chi connectivity index (χ3v) is 5.53. The number of aromatic nitrogens is 3. The summed E-state index contributed by atoms with van der Waals surface area (Å²) in [5, 5.41) is 2.95. The van der Waals surface area contributed by atoms with E-state index in [1.165, 1.54) is 5.56 Å². The Kier molecular flexibility index (Phi) is 7.69. The van der Waals surface area contributed by atoms with Crippen LogP contribution >= 0.6 is 0 Å². The molecule has 2 aromatic carbocycles. The average molecular weight is 443 g/mol. The zero-order chi connectivity index (χ0) is 22.9. The first-order valence-corrected chi connectivity index (χ1v) is 11.5. The molecule has 6 nitrogen and oxygen atoms in total. The van der Waals surface area contributed by atoms with Gasteiger partial charge in [0.05, 0.1) is 17.6 Å². The fraction of sp³-hybridized carbons (Fsp3) is 0.296. The summed E-state index contributed by atoms with van der Waals surface area (Å²) in [5.41, 5.74) is 3.82. The summed E-state index contributed by atoms with van der Waals surface area (Å²) in [6, 6.07) is 21.7. The van der Waals surface area contributed by atoms with Crippen LogP contribution in [0, 0.1) is 6.92 Å². The van der Waals surface area contributed by atoms with E-state index < -0.39 is 0 Å². The molecule has 6 heteroatoms. The highest BCUT2D eigenvalue weighted by Gasteiger charge is 2.11. The molecule has 1 N–H and O–H groups in total. The van der Waals surface area contributed by atoms with Crippen LogP contribution in [-0.2, 0) is 13.0 Å². The highest BCUT2D eigenvalue weighted by atomic mass is 16.5. The Hall–Kier alpha value is -3.67. The molecule has 0 atom stereocenters. The number of carbonyl (C=O) groups is 1. The normalized spacial score (nSPS) is 10.9. The Balaban J connectivity index is 1.29. The van der Waals surface area contributed by atoms with E-state index in [-0.39, 0.29) is 5.91 Å². The average Bonchev–Trinajstić information content (AvgIpc) is 3.19. The molecule has 0 bridgehead atoms. The Morgan fingerprint density at radius 3 is 2.73 bits per heavy atom. The third-order valence-electron chi connectivity index (χ3n) is 5.53. The number of hydrogen-bond acceptors (Lipinski definition) is 4. The molecule has 4 aromatic rings. The van der Waals surface area contributed by atoms with Gasteiger partial charge in [0.15, 0.2) is 0 Å². The predicted molar refractivity (Wildman–Crippen MR) is 131 cm³/mol. The molecule has 33 heavy (non-hydrogen) atoms. The molecule has 4 rings (SSSR count). The third kappa shape index (κ3) is 6.19. The zero-order valence-corrected chi connectivity index (χ0v) is 19.0. The summed E-state index contributed by atoms with van der Waals surface area (Å²) in [6.07, 6.45) is 5.23. The summed E-state index contributed by atoms with van der Waals surface area (Å²) in [4.78, 5) is 21.1. The molecule has 0 fully saturated rings. The molecule has 0 unspecified atom stereocenters. The number of amides is 1. The van der Waals surface area contributed by atoms with Crippen LogP contribution in [-0.4, -0.2) is 33.6 Å². The van der Waals surface area contributed by atoms with Crippen LogP contribution in [0.5, 0.6) is 5.75 Å². The number of hydrogen-bond donors (Lipinski definition) is 1. The van der Waals surface area contributed by atoms with Crippen molar-refractivity contribution in [2.45, 2.75) is 39.2 Å². The molecule has 0 radical (unpaired) electrons. The number of fused-ring (bicyclic) bond motifs is 1. The number of rotatable bonds is 11. The number of ether oxygens (including phenoxy) is 1. The molecule has 1 amide bonds. The van der Waals surface area contributed by atoms with Crippen LogP contribution < -0.4 is 10.1 Å². The monoisotopic (exact) mass is 442 g/mol. The van der Waals surface area contributed by atoms with Gasteiger partial charge < -0.3 is 14.6 Å². The van der Waals surface area contributed by atoms with Gasteiger partial charge in [-0.15, -0.1) is 0 Å². The van der Waals surface area contributed by atoms with E-state index >= 15 is 0 Å². The number of benzene rings is 2. The van der Waals surface area contributed by atoms with Crippen molar-refractivity contribution in [2.24, 2.45) is 0 Å². The number of imidazole rings is 1. The number of unbranched alkanes of at least 4 members (excludes halogenated alkanes) is 1. The molecular formula is C27H30N4O2. The first-order chi connectivity index (χ1) is 16.2. The standard InChI is InChI=1S/C27H30N4O2/c1-21-10-8-11-22(20-21)33-19-7-6-18-31-25-14-3-2-12-23(25)30-26(31)15-9-17-29-27(32)24-13-4-5-16-28-24/h2-5,8,10-14,16,20H,6-7,9,15,17-19H2,1H3,(H,29,32). The van der Waals surface area contributed by atoms with Gasteiger partial charge in [-0.25, -0.2) is 4.98 Å². The predicted octanol–water partition coefficient (Wildman–Crippen LogP) is 4.96. The number of nitrogens with one attached hydrogen (secondary N) is 1. The van der Waals surface area contributed by atoms with Gasteiger partial charge in [-0.1, -0.05) is 30.3 Å². The number of carbonyl (C=O) groups excluding carboxylic acids is 1. The first-order valence-electron chi connectivity index (χ1n) is 11.5. The van der Waals surface area contributed by atoms with Crippen LogP contribution in [0.4, 0.5) is 0 Å². The van der Waals surface area contributed by atoms with Crippen molar-refractivity contribution in [1.82, 2.24) is 19.9 Å². The Labute approximate surface area is 194 Å². The minimum atomic E-state index is -0.141. The number of nitrogens with zero attached hydrogens (tertiary/aromatic N) is 3. The van der Waals surface area contributed by atoms with Gasteiger partial charge >= 0.3 is 0 Å². The van der Waals surface area contributed by atoms with Crippen molar-refractivity contribution < 1.29 is 9.53 Å². The molecule has 0 aliphatic heterocycles. The highest BCUT2D eigenvalue weighted by molar-refractivity contribution is 5.92. The molecule has 0 aliphatic rings. The van der Waals surface area contributed by atoms with Crippen LogP contribution in [0.15, 0.2) is 72.9 Å². The second kappa shape index (κ2) is 11.3. The Morgan fingerprint density at radius 2 is 1.88 bits per heavy atom. The van der Waals surface area contributed by atoms with Crippen molar-refractivity contribution in [3.63, 3.8) is 0 Å². The Morgan fingerprint density at radius 1 is 1.00 bits per heavy atom. The molecule has 0 saturated carbocycles. The van der Waals surface area contributed by atoms with Gasteiger partial charge in [0, 0.05) is 25.7 Å². The molecule has 0 aliphatic carbocycles. The van der Waals surface area contributed by atoms with E-state index in [9.17, 15) is 4.79 Å². The van der Waals surface area contributed by atoms with Crippen molar-refractivity contribution >= 4 is 16.9 Å². The quantitative estimate of drug-likeness (QED) is 0.333. The number of pyridine rings is 1. The van der Waals surface area contributed by atoms with Crippen LogP contribution in [0.3, 0.4) is 0 Å². The van der Waals surface area contributed by atoms with Gasteiger partial charge in [0.1, 0.15) is 17.3 Å². The fourth-order valence-corrected chi connectivity index (χ4v) is 3.87.